The number of hydrogen-bond donors (Lipinski definition) is 0. The van der Waals surface area contributed by atoms with Gasteiger partial charge in [0.05, 0.1) is 6.20 Å². The molecule has 0 saturated carbocycles. The highest BCUT2D eigenvalue weighted by Gasteiger charge is 2.11. The fourth-order valence-corrected chi connectivity index (χ4v) is 0.699. The summed E-state index contributed by atoms with van der Waals surface area (Å²) in [5.74, 6) is -4.11. The maximum atomic E-state index is 12.3. The lowest BCUT2D eigenvalue weighted by Gasteiger charge is -1.94. The molecule has 0 amide bonds. The molecule has 0 aromatic carbocycles. The van der Waals surface area contributed by atoms with Gasteiger partial charge in [0.25, 0.3) is 0 Å². The molecule has 0 aliphatic rings. The normalized spacial score (nSPS) is 10.0. The van der Waals surface area contributed by atoms with Crippen molar-refractivity contribution >= 4 is 15.9 Å². The molecule has 0 saturated heterocycles. The first-order valence-corrected chi connectivity index (χ1v) is 3.07. The maximum Gasteiger partial charge on any atom is 0.198 e. The van der Waals surface area contributed by atoms with Crippen molar-refractivity contribution in [2.24, 2.45) is 0 Å². The monoisotopic (exact) mass is 211 g/mol. The van der Waals surface area contributed by atoms with E-state index < -0.39 is 17.5 Å². The molecule has 1 aromatic heterocycles. The molecule has 10 heavy (non-hydrogen) atoms. The Kier molecular flexibility index (Phi) is 1.94. The lowest BCUT2D eigenvalue weighted by atomic mass is 10.4. The standard InChI is InChI=1S/C5HBrF3N/c6-5-4(9)3(8)2(7)1-10-5/h1H. The van der Waals surface area contributed by atoms with Gasteiger partial charge in [0, 0.05) is 0 Å². The predicted molar refractivity (Wildman–Crippen MR) is 31.8 cm³/mol. The Morgan fingerprint density at radius 2 is 1.80 bits per heavy atom. The molecule has 54 valence electrons. The van der Waals surface area contributed by atoms with Crippen LogP contribution in [0.1, 0.15) is 0 Å². The summed E-state index contributed by atoms with van der Waals surface area (Å²) in [4.78, 5) is 3.17. The third kappa shape index (κ3) is 1.13. The molecule has 0 unspecified atom stereocenters. The van der Waals surface area contributed by atoms with Crippen LogP contribution in [0.4, 0.5) is 13.2 Å². The molecule has 1 aromatic rings. The van der Waals surface area contributed by atoms with Crippen molar-refractivity contribution in [1.29, 1.82) is 0 Å². The fourth-order valence-electron chi connectivity index (χ4n) is 0.422. The number of rotatable bonds is 0. The summed E-state index contributed by atoms with van der Waals surface area (Å²) >= 11 is 2.59. The van der Waals surface area contributed by atoms with Crippen molar-refractivity contribution < 1.29 is 13.2 Å². The van der Waals surface area contributed by atoms with Crippen molar-refractivity contribution in [1.82, 2.24) is 4.98 Å². The van der Waals surface area contributed by atoms with Gasteiger partial charge in [-0.25, -0.2) is 18.2 Å². The third-order valence-electron chi connectivity index (χ3n) is 0.875. The molecular weight excluding hydrogens is 211 g/mol. The van der Waals surface area contributed by atoms with Crippen molar-refractivity contribution in [3.05, 3.63) is 28.3 Å². The molecule has 0 spiro atoms. The van der Waals surface area contributed by atoms with Gasteiger partial charge in [-0.2, -0.15) is 0 Å². The van der Waals surface area contributed by atoms with Gasteiger partial charge >= 0.3 is 0 Å². The maximum absolute atomic E-state index is 12.3. The molecule has 5 heteroatoms. The van der Waals surface area contributed by atoms with Gasteiger partial charge in [0.2, 0.25) is 0 Å². The van der Waals surface area contributed by atoms with Crippen molar-refractivity contribution in [3.8, 4) is 0 Å². The lowest BCUT2D eigenvalue weighted by molar-refractivity contribution is 0.437. The third-order valence-corrected chi connectivity index (χ3v) is 1.43. The molecule has 1 rings (SSSR count). The summed E-state index contributed by atoms with van der Waals surface area (Å²) in [6, 6.07) is 0. The molecule has 0 fully saturated rings. The predicted octanol–water partition coefficient (Wildman–Crippen LogP) is 2.26. The first-order valence-electron chi connectivity index (χ1n) is 2.28. The zero-order valence-corrected chi connectivity index (χ0v) is 6.12. The van der Waals surface area contributed by atoms with E-state index in [4.69, 9.17) is 0 Å². The van der Waals surface area contributed by atoms with Crippen LogP contribution in [-0.4, -0.2) is 4.98 Å². The van der Waals surface area contributed by atoms with E-state index in [1.54, 1.807) is 0 Å². The van der Waals surface area contributed by atoms with Crippen LogP contribution in [0.15, 0.2) is 10.8 Å². The number of aromatic nitrogens is 1. The summed E-state index contributed by atoms with van der Waals surface area (Å²) in [6.45, 7) is 0. The highest BCUT2D eigenvalue weighted by atomic mass is 79.9. The average Bonchev–Trinajstić information content (AvgIpc) is 1.93. The minimum atomic E-state index is -1.51. The molecule has 0 N–H and O–H groups in total. The van der Waals surface area contributed by atoms with Gasteiger partial charge in [0.15, 0.2) is 17.5 Å². The van der Waals surface area contributed by atoms with E-state index >= 15 is 0 Å². The van der Waals surface area contributed by atoms with E-state index in [0.717, 1.165) is 0 Å². The van der Waals surface area contributed by atoms with Gasteiger partial charge in [-0.15, -0.1) is 0 Å². The Morgan fingerprint density at radius 3 is 2.30 bits per heavy atom. The summed E-state index contributed by atoms with van der Waals surface area (Å²) in [6.07, 6.45) is 0.600. The quantitative estimate of drug-likeness (QED) is 0.601. The van der Waals surface area contributed by atoms with Gasteiger partial charge in [-0.3, -0.25) is 0 Å². The first kappa shape index (κ1) is 7.53. The van der Waals surface area contributed by atoms with Gasteiger partial charge in [0.1, 0.15) is 4.60 Å². The van der Waals surface area contributed by atoms with Crippen molar-refractivity contribution in [2.75, 3.05) is 0 Å². The minimum absolute atomic E-state index is 0.327. The molecular formula is C5HBrF3N. The Labute approximate surface area is 63.0 Å². The summed E-state index contributed by atoms with van der Waals surface area (Å²) in [7, 11) is 0. The van der Waals surface area contributed by atoms with Crippen molar-refractivity contribution in [2.45, 2.75) is 0 Å². The number of pyridine rings is 1. The molecule has 0 radical (unpaired) electrons. The van der Waals surface area contributed by atoms with Crippen LogP contribution in [0.2, 0.25) is 0 Å². The highest BCUT2D eigenvalue weighted by Crippen LogP contribution is 2.16. The number of halogens is 4. The molecule has 0 aliphatic heterocycles. The Bertz CT molecular complexity index is 236. The molecule has 0 bridgehead atoms. The second-order valence-electron chi connectivity index (χ2n) is 1.52. The number of nitrogens with zero attached hydrogens (tertiary/aromatic N) is 1. The van der Waals surface area contributed by atoms with Crippen LogP contribution < -0.4 is 0 Å². The van der Waals surface area contributed by atoms with E-state index in [1.807, 2.05) is 0 Å². The zero-order chi connectivity index (χ0) is 7.72. The smallest absolute Gasteiger partial charge is 0.198 e. The highest BCUT2D eigenvalue weighted by molar-refractivity contribution is 9.10. The topological polar surface area (TPSA) is 12.9 Å². The van der Waals surface area contributed by atoms with Crippen LogP contribution in [0, 0.1) is 17.5 Å². The van der Waals surface area contributed by atoms with Crippen LogP contribution in [0.3, 0.4) is 0 Å². The molecule has 1 nitrogen and oxygen atoms in total. The van der Waals surface area contributed by atoms with E-state index in [2.05, 4.69) is 20.9 Å². The van der Waals surface area contributed by atoms with Crippen LogP contribution in [-0.2, 0) is 0 Å². The van der Waals surface area contributed by atoms with Crippen molar-refractivity contribution in [3.63, 3.8) is 0 Å². The van der Waals surface area contributed by atoms with E-state index in [1.165, 1.54) is 0 Å². The van der Waals surface area contributed by atoms with Crippen LogP contribution in [0.5, 0.6) is 0 Å². The summed E-state index contributed by atoms with van der Waals surface area (Å²) in [5.41, 5.74) is 0. The molecule has 0 atom stereocenters. The lowest BCUT2D eigenvalue weighted by Crippen LogP contribution is -1.93. The second-order valence-corrected chi connectivity index (χ2v) is 2.28. The molecule has 1 heterocycles. The summed E-state index contributed by atoms with van der Waals surface area (Å²) in [5, 5.41) is 0. The first-order chi connectivity index (χ1) is 4.63. The Morgan fingerprint density at radius 1 is 1.20 bits per heavy atom. The van der Waals surface area contributed by atoms with Gasteiger partial charge in [-0.05, 0) is 15.9 Å². The fraction of sp³-hybridized carbons (Fsp3) is 0. The largest absolute Gasteiger partial charge is 0.243 e. The molecule has 0 aliphatic carbocycles. The SMILES string of the molecule is Fc1cnc(Br)c(F)c1F. The van der Waals surface area contributed by atoms with Gasteiger partial charge in [-0.1, -0.05) is 0 Å². The Hall–Kier alpha value is -0.580. The minimum Gasteiger partial charge on any atom is -0.243 e. The van der Waals surface area contributed by atoms with E-state index in [9.17, 15) is 13.2 Å². The second kappa shape index (κ2) is 2.57. The van der Waals surface area contributed by atoms with E-state index in [0.29, 0.717) is 6.20 Å². The summed E-state index contributed by atoms with van der Waals surface area (Å²) < 4.78 is 36.2. The van der Waals surface area contributed by atoms with Gasteiger partial charge < -0.3 is 0 Å². The number of hydrogen-bond acceptors (Lipinski definition) is 1. The zero-order valence-electron chi connectivity index (χ0n) is 4.54. The van der Waals surface area contributed by atoms with Crippen LogP contribution in [0.25, 0.3) is 0 Å². The van der Waals surface area contributed by atoms with E-state index in [-0.39, 0.29) is 4.60 Å². The van der Waals surface area contributed by atoms with Crippen LogP contribution >= 0.6 is 15.9 Å². The average molecular weight is 212 g/mol. The Balaban J connectivity index is 3.34.